The predicted octanol–water partition coefficient (Wildman–Crippen LogP) is 1.76. The van der Waals surface area contributed by atoms with E-state index in [1.807, 2.05) is 34.7 Å². The van der Waals surface area contributed by atoms with Crippen molar-refractivity contribution >= 4 is 11.9 Å². The summed E-state index contributed by atoms with van der Waals surface area (Å²) in [5.41, 5.74) is 2.52. The summed E-state index contributed by atoms with van der Waals surface area (Å²) in [5.74, 6) is 0.693. The van der Waals surface area contributed by atoms with E-state index in [2.05, 4.69) is 25.4 Å². The summed E-state index contributed by atoms with van der Waals surface area (Å²) in [7, 11) is 0. The Morgan fingerprint density at radius 1 is 1.15 bits per heavy atom. The number of nitrogens with one attached hydrogen (secondary N) is 1. The van der Waals surface area contributed by atoms with Crippen molar-refractivity contribution in [2.45, 2.75) is 20.0 Å². The first-order chi connectivity index (χ1) is 13.2. The van der Waals surface area contributed by atoms with Gasteiger partial charge in [-0.05, 0) is 36.8 Å². The average Bonchev–Trinajstić information content (AvgIpc) is 3.04. The third-order valence-corrected chi connectivity index (χ3v) is 4.60. The lowest BCUT2D eigenvalue weighted by molar-refractivity contribution is 0.0718. The second kappa shape index (κ2) is 7.53. The van der Waals surface area contributed by atoms with Crippen LogP contribution < -0.4 is 5.32 Å². The van der Waals surface area contributed by atoms with Crippen LogP contribution in [0.1, 0.15) is 21.7 Å². The summed E-state index contributed by atoms with van der Waals surface area (Å²) in [6, 6.07) is 7.46. The number of hydrogen-bond acceptors (Lipinski definition) is 6. The molecule has 4 rings (SSSR count). The van der Waals surface area contributed by atoms with Crippen LogP contribution in [0.2, 0.25) is 0 Å². The van der Waals surface area contributed by atoms with Gasteiger partial charge in [-0.2, -0.15) is 5.10 Å². The third-order valence-electron chi connectivity index (χ3n) is 4.60. The maximum absolute atomic E-state index is 13.0. The lowest BCUT2D eigenvalue weighted by atomic mass is 10.1. The molecule has 1 aliphatic rings. The van der Waals surface area contributed by atoms with Gasteiger partial charge in [0.2, 0.25) is 5.95 Å². The maximum Gasteiger partial charge on any atom is 0.272 e. The van der Waals surface area contributed by atoms with Crippen LogP contribution in [-0.4, -0.2) is 48.6 Å². The van der Waals surface area contributed by atoms with Gasteiger partial charge in [-0.15, -0.1) is 0 Å². The fourth-order valence-corrected chi connectivity index (χ4v) is 3.26. The number of aromatic nitrogens is 5. The minimum Gasteiger partial charge on any atom is -0.354 e. The van der Waals surface area contributed by atoms with Crippen LogP contribution >= 0.6 is 0 Å². The molecule has 0 saturated carbocycles. The second-order valence-corrected chi connectivity index (χ2v) is 6.73. The Morgan fingerprint density at radius 2 is 2.00 bits per heavy atom. The fraction of sp³-hybridized carbons (Fsp3) is 0.316. The number of pyridine rings is 1. The van der Waals surface area contributed by atoms with Crippen molar-refractivity contribution in [3.63, 3.8) is 0 Å². The molecule has 1 aliphatic heterocycles. The average molecular weight is 363 g/mol. The van der Waals surface area contributed by atoms with Crippen molar-refractivity contribution in [2.24, 2.45) is 5.92 Å². The zero-order valence-corrected chi connectivity index (χ0v) is 15.1. The van der Waals surface area contributed by atoms with E-state index in [0.717, 1.165) is 17.8 Å². The third kappa shape index (κ3) is 3.94. The number of nitrogens with zero attached hydrogens (tertiary/aromatic N) is 6. The number of aryl methyl sites for hydroxylation is 1. The number of rotatable bonds is 4. The van der Waals surface area contributed by atoms with Gasteiger partial charge in [0.05, 0.1) is 12.2 Å². The van der Waals surface area contributed by atoms with E-state index in [-0.39, 0.29) is 11.8 Å². The molecule has 3 aromatic rings. The number of carbonyl (C=O) groups excluding carboxylic acids is 1. The molecule has 1 N–H and O–H groups in total. The minimum atomic E-state index is -0.0608. The van der Waals surface area contributed by atoms with E-state index >= 15 is 0 Å². The Balaban J connectivity index is 1.54. The number of hydrogen-bond donors (Lipinski definition) is 1. The highest BCUT2D eigenvalue weighted by molar-refractivity contribution is 5.92. The topological polar surface area (TPSA) is 88.8 Å². The molecule has 1 atom stereocenters. The van der Waals surface area contributed by atoms with Crippen LogP contribution in [0.5, 0.6) is 0 Å². The first kappa shape index (κ1) is 17.1. The Kier molecular flexibility index (Phi) is 4.78. The van der Waals surface area contributed by atoms with E-state index in [4.69, 9.17) is 0 Å². The molecule has 0 radical (unpaired) electrons. The van der Waals surface area contributed by atoms with Gasteiger partial charge in [0.15, 0.2) is 0 Å². The van der Waals surface area contributed by atoms with Crippen LogP contribution in [0.25, 0.3) is 0 Å². The summed E-state index contributed by atoms with van der Waals surface area (Å²) in [5, 5.41) is 7.66. The van der Waals surface area contributed by atoms with E-state index in [0.29, 0.717) is 31.3 Å². The monoisotopic (exact) mass is 363 g/mol. The highest BCUT2D eigenvalue weighted by Crippen LogP contribution is 2.18. The quantitative estimate of drug-likeness (QED) is 0.760. The molecule has 0 bridgehead atoms. The van der Waals surface area contributed by atoms with Crippen LogP contribution in [0.4, 0.5) is 5.95 Å². The fourth-order valence-electron chi connectivity index (χ4n) is 3.26. The van der Waals surface area contributed by atoms with Crippen molar-refractivity contribution < 1.29 is 4.79 Å². The largest absolute Gasteiger partial charge is 0.354 e. The molecule has 0 unspecified atom stereocenters. The molecular formula is C19H21N7O. The molecule has 0 fully saturated rings. The maximum atomic E-state index is 13.0. The Bertz CT molecular complexity index is 925. The molecule has 0 aromatic carbocycles. The molecule has 8 nitrogen and oxygen atoms in total. The van der Waals surface area contributed by atoms with Crippen molar-refractivity contribution in [3.05, 3.63) is 66.0 Å². The van der Waals surface area contributed by atoms with Crippen LogP contribution in [0.15, 0.2) is 49.1 Å². The first-order valence-corrected chi connectivity index (χ1v) is 8.92. The lowest BCUT2D eigenvalue weighted by Crippen LogP contribution is -2.36. The first-order valence-electron chi connectivity index (χ1n) is 8.92. The zero-order chi connectivity index (χ0) is 18.6. The normalized spacial score (nSPS) is 16.5. The number of fused-ring (bicyclic) bond motifs is 1. The summed E-state index contributed by atoms with van der Waals surface area (Å²) in [6.45, 7) is 4.47. The van der Waals surface area contributed by atoms with Gasteiger partial charge < -0.3 is 10.2 Å². The van der Waals surface area contributed by atoms with Gasteiger partial charge in [0.1, 0.15) is 5.69 Å². The van der Waals surface area contributed by atoms with Crippen LogP contribution in [0, 0.1) is 12.8 Å². The highest BCUT2D eigenvalue weighted by atomic mass is 16.2. The standard InChI is InChI=1S/C19H21N7O/c1-14-3-7-20-17(9-14)18(27)25-11-15(10-23-19-21-5-2-6-22-19)12-26-16(13-25)4-8-24-26/h2-9,15H,10-13H2,1H3,(H,21,22,23)/t15-/m0/s1. The highest BCUT2D eigenvalue weighted by Gasteiger charge is 2.27. The number of amides is 1. The Morgan fingerprint density at radius 3 is 2.81 bits per heavy atom. The molecule has 8 heteroatoms. The van der Waals surface area contributed by atoms with E-state index in [1.54, 1.807) is 30.9 Å². The minimum absolute atomic E-state index is 0.0608. The summed E-state index contributed by atoms with van der Waals surface area (Å²) < 4.78 is 1.97. The second-order valence-electron chi connectivity index (χ2n) is 6.73. The number of carbonyl (C=O) groups is 1. The molecule has 4 heterocycles. The van der Waals surface area contributed by atoms with Gasteiger partial charge in [0, 0.05) is 50.3 Å². The Hall–Kier alpha value is -3.29. The van der Waals surface area contributed by atoms with Gasteiger partial charge in [-0.1, -0.05) is 0 Å². The summed E-state index contributed by atoms with van der Waals surface area (Å²) in [4.78, 5) is 27.5. The zero-order valence-electron chi connectivity index (χ0n) is 15.1. The van der Waals surface area contributed by atoms with Crippen molar-refractivity contribution in [2.75, 3.05) is 18.4 Å². The van der Waals surface area contributed by atoms with Gasteiger partial charge in [-0.3, -0.25) is 14.5 Å². The summed E-state index contributed by atoms with van der Waals surface area (Å²) >= 11 is 0. The molecule has 138 valence electrons. The predicted molar refractivity (Wildman–Crippen MR) is 100.0 cm³/mol. The van der Waals surface area contributed by atoms with Crippen LogP contribution in [0.3, 0.4) is 0 Å². The molecule has 0 aliphatic carbocycles. The molecule has 0 spiro atoms. The Labute approximate surface area is 157 Å². The molecule has 3 aromatic heterocycles. The molecule has 27 heavy (non-hydrogen) atoms. The van der Waals surface area contributed by atoms with Crippen molar-refractivity contribution in [3.8, 4) is 0 Å². The molecular weight excluding hydrogens is 342 g/mol. The number of anilines is 1. The smallest absolute Gasteiger partial charge is 0.272 e. The van der Waals surface area contributed by atoms with E-state index in [1.165, 1.54) is 0 Å². The van der Waals surface area contributed by atoms with Crippen molar-refractivity contribution in [1.29, 1.82) is 0 Å². The SMILES string of the molecule is Cc1ccnc(C(=O)N2Cc3ccnn3C[C@@H](CNc3ncccn3)C2)c1. The molecule has 1 amide bonds. The lowest BCUT2D eigenvalue weighted by Gasteiger charge is -2.24. The van der Waals surface area contributed by atoms with E-state index in [9.17, 15) is 4.79 Å². The van der Waals surface area contributed by atoms with E-state index < -0.39 is 0 Å². The van der Waals surface area contributed by atoms with Gasteiger partial charge >= 0.3 is 0 Å². The van der Waals surface area contributed by atoms with Crippen LogP contribution in [-0.2, 0) is 13.1 Å². The van der Waals surface area contributed by atoms with Gasteiger partial charge in [-0.25, -0.2) is 9.97 Å². The van der Waals surface area contributed by atoms with Crippen molar-refractivity contribution in [1.82, 2.24) is 29.6 Å². The molecule has 0 saturated heterocycles. The summed E-state index contributed by atoms with van der Waals surface area (Å²) in [6.07, 6.45) is 6.86. The van der Waals surface area contributed by atoms with Gasteiger partial charge in [0.25, 0.3) is 5.91 Å².